The molecule has 0 spiro atoms. The van der Waals surface area contributed by atoms with Crippen molar-refractivity contribution in [2.75, 3.05) is 11.5 Å². The lowest BCUT2D eigenvalue weighted by Crippen LogP contribution is -1.97. The van der Waals surface area contributed by atoms with Gasteiger partial charge in [-0.3, -0.25) is 4.21 Å². The second-order valence-electron chi connectivity index (χ2n) is 3.96. The van der Waals surface area contributed by atoms with Gasteiger partial charge in [0.05, 0.1) is 21.0 Å². The van der Waals surface area contributed by atoms with E-state index in [-0.39, 0.29) is 0 Å². The number of hydrogen-bond acceptors (Lipinski definition) is 4. The monoisotopic (exact) mass is 268 g/mol. The molecule has 0 bridgehead atoms. The first kappa shape index (κ1) is 12.5. The summed E-state index contributed by atoms with van der Waals surface area (Å²) in [5.41, 5.74) is 7.33. The highest BCUT2D eigenvalue weighted by molar-refractivity contribution is 7.87. The molecule has 1 unspecified atom stereocenters. The third-order valence-corrected chi connectivity index (χ3v) is 5.28. The summed E-state index contributed by atoms with van der Waals surface area (Å²) in [4.78, 5) is 4.40. The lowest BCUT2D eigenvalue weighted by molar-refractivity contribution is 0.676. The first-order valence-corrected chi connectivity index (χ1v) is 7.88. The normalized spacial score (nSPS) is 13.0. The molecule has 1 atom stereocenters. The van der Waals surface area contributed by atoms with Crippen molar-refractivity contribution in [3.05, 3.63) is 18.2 Å². The molecule has 1 aromatic heterocycles. The fourth-order valence-electron chi connectivity index (χ4n) is 1.59. The van der Waals surface area contributed by atoms with E-state index in [1.54, 1.807) is 0 Å². The number of thiazole rings is 1. The Hall–Kier alpha value is -0.940. The van der Waals surface area contributed by atoms with Gasteiger partial charge >= 0.3 is 0 Å². The minimum absolute atomic E-state index is 0.711. The zero-order chi connectivity index (χ0) is 12.3. The second kappa shape index (κ2) is 5.60. The number of aromatic nitrogens is 1. The van der Waals surface area contributed by atoms with Crippen LogP contribution < -0.4 is 5.73 Å². The van der Waals surface area contributed by atoms with Gasteiger partial charge in [0.15, 0.2) is 4.34 Å². The van der Waals surface area contributed by atoms with E-state index in [2.05, 4.69) is 11.9 Å². The van der Waals surface area contributed by atoms with Crippen LogP contribution >= 0.6 is 11.3 Å². The molecule has 0 fully saturated rings. The predicted molar refractivity (Wildman–Crippen MR) is 74.8 cm³/mol. The van der Waals surface area contributed by atoms with Gasteiger partial charge in [0.25, 0.3) is 0 Å². The molecule has 17 heavy (non-hydrogen) atoms. The Balaban J connectivity index is 2.15. The summed E-state index contributed by atoms with van der Waals surface area (Å²) in [7, 11) is -0.958. The van der Waals surface area contributed by atoms with Crippen LogP contribution in [-0.2, 0) is 10.8 Å². The average Bonchev–Trinajstić information content (AvgIpc) is 2.72. The maximum absolute atomic E-state index is 12.0. The molecule has 1 aromatic carbocycles. The number of nitrogens with zero attached hydrogens (tertiary/aromatic N) is 1. The minimum Gasteiger partial charge on any atom is -0.399 e. The van der Waals surface area contributed by atoms with Crippen molar-refractivity contribution < 1.29 is 4.21 Å². The maximum Gasteiger partial charge on any atom is 0.181 e. The van der Waals surface area contributed by atoms with E-state index in [4.69, 9.17) is 5.73 Å². The van der Waals surface area contributed by atoms with Crippen molar-refractivity contribution in [2.45, 2.75) is 30.5 Å². The smallest absolute Gasteiger partial charge is 0.181 e. The average molecular weight is 268 g/mol. The van der Waals surface area contributed by atoms with E-state index in [1.807, 2.05) is 18.2 Å². The van der Waals surface area contributed by atoms with Crippen LogP contribution in [0.3, 0.4) is 0 Å². The van der Waals surface area contributed by atoms with E-state index < -0.39 is 10.8 Å². The Kier molecular flexibility index (Phi) is 4.12. The number of nitrogen functional groups attached to an aromatic ring is 1. The molecule has 0 saturated heterocycles. The van der Waals surface area contributed by atoms with Crippen molar-refractivity contribution in [1.82, 2.24) is 4.98 Å². The highest BCUT2D eigenvalue weighted by Crippen LogP contribution is 2.26. The molecular weight excluding hydrogens is 252 g/mol. The largest absolute Gasteiger partial charge is 0.399 e. The zero-order valence-corrected chi connectivity index (χ0v) is 11.4. The van der Waals surface area contributed by atoms with Gasteiger partial charge in [0.1, 0.15) is 0 Å². The number of benzene rings is 1. The minimum atomic E-state index is -0.958. The molecule has 92 valence electrons. The highest BCUT2D eigenvalue weighted by Gasteiger charge is 2.10. The Labute approximate surface area is 108 Å². The number of fused-ring (bicyclic) bond motifs is 1. The highest BCUT2D eigenvalue weighted by atomic mass is 32.2. The van der Waals surface area contributed by atoms with Crippen LogP contribution in [0.15, 0.2) is 22.5 Å². The van der Waals surface area contributed by atoms with Gasteiger partial charge in [-0.05, 0) is 24.6 Å². The number of rotatable bonds is 5. The Bertz CT molecular complexity index is 536. The molecular formula is C12H16N2OS2. The van der Waals surface area contributed by atoms with Gasteiger partial charge in [-0.25, -0.2) is 4.98 Å². The molecule has 1 heterocycles. The summed E-state index contributed by atoms with van der Waals surface area (Å²) >= 11 is 1.49. The van der Waals surface area contributed by atoms with Gasteiger partial charge in [-0.2, -0.15) is 0 Å². The Morgan fingerprint density at radius 3 is 3.00 bits per heavy atom. The maximum atomic E-state index is 12.0. The number of anilines is 1. The lowest BCUT2D eigenvalue weighted by atomic mass is 10.3. The summed E-state index contributed by atoms with van der Waals surface area (Å²) < 4.78 is 13.7. The SMILES string of the molecule is CCCCCS(=O)c1nc2ccc(N)cc2s1. The molecule has 0 aliphatic rings. The van der Waals surface area contributed by atoms with Crippen molar-refractivity contribution in [2.24, 2.45) is 0 Å². The van der Waals surface area contributed by atoms with Crippen LogP contribution in [0.4, 0.5) is 5.69 Å². The van der Waals surface area contributed by atoms with Gasteiger partial charge in [-0.1, -0.05) is 19.8 Å². The van der Waals surface area contributed by atoms with Crippen molar-refractivity contribution >= 4 is 38.0 Å². The van der Waals surface area contributed by atoms with Crippen molar-refractivity contribution in [3.63, 3.8) is 0 Å². The molecule has 0 saturated carbocycles. The molecule has 2 N–H and O–H groups in total. The summed E-state index contributed by atoms with van der Waals surface area (Å²) in [6.07, 6.45) is 3.28. The topological polar surface area (TPSA) is 56.0 Å². The first-order chi connectivity index (χ1) is 8.20. The molecule has 0 aliphatic heterocycles. The van der Waals surface area contributed by atoms with Crippen LogP contribution in [0, 0.1) is 0 Å². The predicted octanol–water partition coefficient (Wildman–Crippen LogP) is 3.18. The summed E-state index contributed by atoms with van der Waals surface area (Å²) in [5, 5.41) is 0. The summed E-state index contributed by atoms with van der Waals surface area (Å²) in [6, 6.07) is 5.60. The fourth-order valence-corrected chi connectivity index (χ4v) is 4.07. The molecule has 2 aromatic rings. The van der Waals surface area contributed by atoms with Crippen LogP contribution in [0.2, 0.25) is 0 Å². The van der Waals surface area contributed by atoms with Crippen molar-refractivity contribution in [3.8, 4) is 0 Å². The summed E-state index contributed by atoms with van der Waals surface area (Å²) in [6.45, 7) is 2.14. The number of unbranched alkanes of at least 4 members (excludes halogenated alkanes) is 2. The van der Waals surface area contributed by atoms with Crippen LogP contribution in [0.5, 0.6) is 0 Å². The quantitative estimate of drug-likeness (QED) is 0.669. The molecule has 2 rings (SSSR count). The number of hydrogen-bond donors (Lipinski definition) is 1. The van der Waals surface area contributed by atoms with E-state index in [0.29, 0.717) is 5.75 Å². The molecule has 0 amide bonds. The van der Waals surface area contributed by atoms with Gasteiger partial charge in [0.2, 0.25) is 0 Å². The van der Waals surface area contributed by atoms with Gasteiger partial charge in [0, 0.05) is 11.4 Å². The standard InChI is InChI=1S/C12H16N2OS2/c1-2-3-4-7-17(15)12-14-10-6-5-9(13)8-11(10)16-12/h5-6,8H,2-4,7,13H2,1H3. The van der Waals surface area contributed by atoms with Gasteiger partial charge < -0.3 is 5.73 Å². The first-order valence-electron chi connectivity index (χ1n) is 5.75. The Morgan fingerprint density at radius 1 is 1.41 bits per heavy atom. The van der Waals surface area contributed by atoms with E-state index >= 15 is 0 Å². The van der Waals surface area contributed by atoms with E-state index in [0.717, 1.165) is 39.5 Å². The third-order valence-electron chi connectivity index (χ3n) is 2.52. The fraction of sp³-hybridized carbons (Fsp3) is 0.417. The molecule has 0 radical (unpaired) electrons. The second-order valence-corrected chi connectivity index (χ2v) is 6.74. The third kappa shape index (κ3) is 3.04. The summed E-state index contributed by atoms with van der Waals surface area (Å²) in [5.74, 6) is 0.711. The van der Waals surface area contributed by atoms with Crippen LogP contribution in [0.1, 0.15) is 26.2 Å². The van der Waals surface area contributed by atoms with E-state index in [1.165, 1.54) is 11.3 Å². The van der Waals surface area contributed by atoms with Crippen molar-refractivity contribution in [1.29, 1.82) is 0 Å². The number of nitrogens with two attached hydrogens (primary N) is 1. The lowest BCUT2D eigenvalue weighted by Gasteiger charge is -1.96. The van der Waals surface area contributed by atoms with Crippen LogP contribution in [-0.4, -0.2) is 14.9 Å². The van der Waals surface area contributed by atoms with E-state index in [9.17, 15) is 4.21 Å². The molecule has 5 heteroatoms. The molecule has 3 nitrogen and oxygen atoms in total. The molecule has 0 aliphatic carbocycles. The Morgan fingerprint density at radius 2 is 2.24 bits per heavy atom. The zero-order valence-electron chi connectivity index (χ0n) is 9.81. The van der Waals surface area contributed by atoms with Gasteiger partial charge in [-0.15, -0.1) is 11.3 Å². The van der Waals surface area contributed by atoms with Crippen LogP contribution in [0.25, 0.3) is 10.2 Å².